The van der Waals surface area contributed by atoms with Crippen LogP contribution in [0.15, 0.2) is 91.3 Å². The highest BCUT2D eigenvalue weighted by atomic mass is 16.5. The zero-order chi connectivity index (χ0) is 28.6. The summed E-state index contributed by atoms with van der Waals surface area (Å²) in [5, 5.41) is 0. The highest BCUT2D eigenvalue weighted by molar-refractivity contribution is 6.21. The second kappa shape index (κ2) is 10.8. The number of amides is 2. The number of carbonyl (C=O) groups is 2. The summed E-state index contributed by atoms with van der Waals surface area (Å²) in [6.07, 6.45) is 7.28. The maximum atomic E-state index is 12.9. The van der Waals surface area contributed by atoms with Crippen LogP contribution in [0.1, 0.15) is 63.7 Å². The molecule has 3 aromatic carbocycles. The topological polar surface area (TPSA) is 103 Å². The lowest BCUT2D eigenvalue weighted by Gasteiger charge is -2.30. The lowest BCUT2D eigenvalue weighted by atomic mass is 9.81. The van der Waals surface area contributed by atoms with Gasteiger partial charge in [-0.1, -0.05) is 54.6 Å². The minimum Gasteiger partial charge on any atom is -0.489 e. The first-order chi connectivity index (χ1) is 20.6. The zero-order valence-electron chi connectivity index (χ0n) is 23.1. The number of fused-ring (bicyclic) bond motifs is 2. The van der Waals surface area contributed by atoms with Crippen molar-refractivity contribution in [3.63, 3.8) is 0 Å². The van der Waals surface area contributed by atoms with Crippen molar-refractivity contribution in [2.45, 2.75) is 38.2 Å². The van der Waals surface area contributed by atoms with Crippen molar-refractivity contribution in [1.29, 1.82) is 0 Å². The summed E-state index contributed by atoms with van der Waals surface area (Å²) in [7, 11) is 0. The van der Waals surface area contributed by atoms with E-state index in [4.69, 9.17) is 15.5 Å². The number of anilines is 1. The van der Waals surface area contributed by atoms with Gasteiger partial charge < -0.3 is 10.5 Å². The number of imide groups is 1. The molecule has 0 unspecified atom stereocenters. The molecular weight excluding hydrogens is 526 g/mol. The molecule has 0 radical (unpaired) electrons. The van der Waals surface area contributed by atoms with Gasteiger partial charge in [0.25, 0.3) is 11.8 Å². The minimum atomic E-state index is -0.181. The van der Waals surface area contributed by atoms with Gasteiger partial charge in [0, 0.05) is 30.4 Å². The molecule has 0 atom stereocenters. The van der Waals surface area contributed by atoms with Crippen molar-refractivity contribution < 1.29 is 14.3 Å². The van der Waals surface area contributed by atoms with Gasteiger partial charge in [-0.25, -0.2) is 9.97 Å². The predicted molar refractivity (Wildman–Crippen MR) is 160 cm³/mol. The molecule has 3 heterocycles. The Hall–Kier alpha value is -4.98. The van der Waals surface area contributed by atoms with Crippen molar-refractivity contribution in [1.82, 2.24) is 19.3 Å². The van der Waals surface area contributed by atoms with Gasteiger partial charge in [-0.05, 0) is 61.4 Å². The molecule has 2 aliphatic rings. The first-order valence-corrected chi connectivity index (χ1v) is 14.4. The van der Waals surface area contributed by atoms with Crippen LogP contribution in [0.5, 0.6) is 5.75 Å². The summed E-state index contributed by atoms with van der Waals surface area (Å²) in [6, 6.07) is 25.1. The maximum absolute atomic E-state index is 12.9. The first-order valence-electron chi connectivity index (χ1n) is 14.4. The van der Waals surface area contributed by atoms with E-state index >= 15 is 0 Å². The fourth-order valence-corrected chi connectivity index (χ4v) is 6.32. The van der Waals surface area contributed by atoms with Crippen molar-refractivity contribution >= 4 is 23.1 Å². The van der Waals surface area contributed by atoms with Crippen LogP contribution >= 0.6 is 0 Å². The van der Waals surface area contributed by atoms with Crippen LogP contribution in [-0.2, 0) is 6.61 Å². The van der Waals surface area contributed by atoms with Crippen molar-refractivity contribution in [2.24, 2.45) is 5.92 Å². The van der Waals surface area contributed by atoms with E-state index in [1.807, 2.05) is 60.8 Å². The number of rotatable bonds is 7. The fourth-order valence-electron chi connectivity index (χ4n) is 6.32. The molecule has 8 nitrogen and oxygen atoms in total. The summed E-state index contributed by atoms with van der Waals surface area (Å²) in [5.74, 6) is 2.28. The maximum Gasteiger partial charge on any atom is 0.261 e. The van der Waals surface area contributed by atoms with Crippen LogP contribution in [0.2, 0.25) is 0 Å². The van der Waals surface area contributed by atoms with Gasteiger partial charge in [0.1, 0.15) is 35.2 Å². The Morgan fingerprint density at radius 3 is 2.31 bits per heavy atom. The van der Waals surface area contributed by atoms with Crippen molar-refractivity contribution in [3.8, 4) is 17.0 Å². The zero-order valence-corrected chi connectivity index (χ0v) is 23.1. The Labute approximate surface area is 243 Å². The van der Waals surface area contributed by atoms with E-state index in [1.165, 1.54) is 4.90 Å². The second-order valence-electron chi connectivity index (χ2n) is 11.1. The summed E-state index contributed by atoms with van der Waals surface area (Å²) >= 11 is 0. The summed E-state index contributed by atoms with van der Waals surface area (Å²) < 4.78 is 8.16. The Morgan fingerprint density at radius 2 is 1.57 bits per heavy atom. The Bertz CT molecular complexity index is 1760. The lowest BCUT2D eigenvalue weighted by molar-refractivity contribution is 0.0614. The van der Waals surface area contributed by atoms with E-state index in [2.05, 4.69) is 9.38 Å². The molecule has 1 fully saturated rings. The number of benzene rings is 3. The van der Waals surface area contributed by atoms with Gasteiger partial charge in [0.2, 0.25) is 0 Å². The third-order valence-corrected chi connectivity index (χ3v) is 8.50. The lowest BCUT2D eigenvalue weighted by Crippen LogP contribution is -2.35. The second-order valence-corrected chi connectivity index (χ2v) is 11.1. The van der Waals surface area contributed by atoms with E-state index < -0.39 is 0 Å². The SMILES string of the molecule is Nc1nccn2c(C3CCC(CN4C(=O)c5ccccc5C4=O)CC3)nc(-c3cccc(OCc4ccccc4)c3)c12. The molecule has 1 saturated carbocycles. The first kappa shape index (κ1) is 26.0. The third-order valence-electron chi connectivity index (χ3n) is 8.50. The highest BCUT2D eigenvalue weighted by Crippen LogP contribution is 2.40. The number of nitrogens with zero attached hydrogens (tertiary/aromatic N) is 4. The van der Waals surface area contributed by atoms with Crippen LogP contribution in [0.25, 0.3) is 16.8 Å². The summed E-state index contributed by atoms with van der Waals surface area (Å²) in [5.41, 5.74) is 11.0. The average molecular weight is 558 g/mol. The van der Waals surface area contributed by atoms with E-state index in [1.54, 1.807) is 30.5 Å². The molecule has 0 saturated heterocycles. The number of imidazole rings is 1. The van der Waals surface area contributed by atoms with Crippen LogP contribution in [0.4, 0.5) is 5.82 Å². The van der Waals surface area contributed by atoms with Gasteiger partial charge >= 0.3 is 0 Å². The molecule has 5 aromatic rings. The van der Waals surface area contributed by atoms with Gasteiger partial charge in [-0.15, -0.1) is 0 Å². The van der Waals surface area contributed by atoms with E-state index in [0.29, 0.717) is 30.1 Å². The van der Waals surface area contributed by atoms with Crippen molar-refractivity contribution in [2.75, 3.05) is 12.3 Å². The van der Waals surface area contributed by atoms with E-state index in [0.717, 1.165) is 59.6 Å². The van der Waals surface area contributed by atoms with Crippen LogP contribution in [0, 0.1) is 5.92 Å². The molecule has 42 heavy (non-hydrogen) atoms. The van der Waals surface area contributed by atoms with Gasteiger partial charge in [-0.3, -0.25) is 18.9 Å². The molecular formula is C34H31N5O3. The van der Waals surface area contributed by atoms with Crippen LogP contribution < -0.4 is 10.5 Å². The van der Waals surface area contributed by atoms with Gasteiger partial charge in [0.05, 0.1) is 11.1 Å². The number of nitrogens with two attached hydrogens (primary N) is 1. The summed E-state index contributed by atoms with van der Waals surface area (Å²) in [6.45, 7) is 0.937. The monoisotopic (exact) mass is 557 g/mol. The smallest absolute Gasteiger partial charge is 0.261 e. The predicted octanol–water partition coefficient (Wildman–Crippen LogP) is 6.13. The number of ether oxygens (including phenoxy) is 1. The Balaban J connectivity index is 1.10. The molecule has 2 aromatic heterocycles. The van der Waals surface area contributed by atoms with Crippen LogP contribution in [-0.4, -0.2) is 37.6 Å². The number of aromatic nitrogens is 3. The molecule has 0 bridgehead atoms. The van der Waals surface area contributed by atoms with Crippen LogP contribution in [0.3, 0.4) is 0 Å². The van der Waals surface area contributed by atoms with Gasteiger partial charge in [0.15, 0.2) is 0 Å². The molecule has 1 aliphatic heterocycles. The average Bonchev–Trinajstić information content (AvgIpc) is 3.54. The third kappa shape index (κ3) is 4.68. The molecule has 2 N–H and O–H groups in total. The number of carbonyl (C=O) groups excluding carboxylic acids is 2. The van der Waals surface area contributed by atoms with Gasteiger partial charge in [-0.2, -0.15) is 0 Å². The molecule has 8 heteroatoms. The molecule has 210 valence electrons. The minimum absolute atomic E-state index is 0.181. The Kier molecular flexibility index (Phi) is 6.66. The molecule has 7 rings (SSSR count). The molecule has 0 spiro atoms. The van der Waals surface area contributed by atoms with E-state index in [9.17, 15) is 9.59 Å². The number of nitrogen functional groups attached to an aromatic ring is 1. The van der Waals surface area contributed by atoms with E-state index in [-0.39, 0.29) is 23.7 Å². The highest BCUT2D eigenvalue weighted by Gasteiger charge is 2.37. The normalized spacial score (nSPS) is 18.4. The Morgan fingerprint density at radius 1 is 0.857 bits per heavy atom. The van der Waals surface area contributed by atoms with Crippen molar-refractivity contribution in [3.05, 3.63) is 114 Å². The number of hydrogen-bond donors (Lipinski definition) is 1. The largest absolute Gasteiger partial charge is 0.489 e. The fraction of sp³-hybridized carbons (Fsp3) is 0.235. The quantitative estimate of drug-likeness (QED) is 0.242. The summed E-state index contributed by atoms with van der Waals surface area (Å²) in [4.78, 5) is 36.7. The standard InChI is InChI=1S/C34H31N5O3/c35-31-30-29(25-9-6-10-26(19-25)42-21-23-7-2-1-3-8-23)37-32(38(30)18-17-36-31)24-15-13-22(14-16-24)20-39-33(40)27-11-4-5-12-28(27)34(39)41/h1-12,17-19,22,24H,13-16,20-21H2,(H2,35,36). The molecule has 1 aliphatic carbocycles. The molecule has 2 amide bonds. The number of hydrogen-bond acceptors (Lipinski definition) is 6.